The fourth-order valence-electron chi connectivity index (χ4n) is 7.42. The maximum atomic E-state index is 6.56. The van der Waals surface area contributed by atoms with Gasteiger partial charge in [-0.3, -0.25) is 4.98 Å². The number of nitrogens with zero attached hydrogens (tertiary/aromatic N) is 2. The number of anilines is 3. The smallest absolute Gasteiger partial charge is 0.162 e. The zero-order chi connectivity index (χ0) is 31.6. The molecule has 0 atom stereocenters. The molecule has 0 unspecified atom stereocenters. The number of fused-ring (bicyclic) bond motifs is 6. The van der Waals surface area contributed by atoms with Crippen LogP contribution < -0.4 is 4.90 Å². The van der Waals surface area contributed by atoms with Crippen molar-refractivity contribution in [3.8, 4) is 44.5 Å². The topological polar surface area (TPSA) is 29.3 Å². The van der Waals surface area contributed by atoms with Crippen LogP contribution in [0.2, 0.25) is 0 Å². The van der Waals surface area contributed by atoms with E-state index < -0.39 is 0 Å². The van der Waals surface area contributed by atoms with Crippen molar-refractivity contribution in [2.45, 2.75) is 0 Å². The fourth-order valence-corrected chi connectivity index (χ4v) is 7.42. The molecule has 0 aliphatic heterocycles. The quantitative estimate of drug-likeness (QED) is 0.194. The van der Waals surface area contributed by atoms with E-state index in [1.54, 1.807) is 0 Å². The van der Waals surface area contributed by atoms with E-state index >= 15 is 0 Å². The van der Waals surface area contributed by atoms with E-state index in [9.17, 15) is 0 Å². The zero-order valence-electron chi connectivity index (χ0n) is 26.0. The predicted octanol–water partition coefficient (Wildman–Crippen LogP) is 12.6. The zero-order valence-corrected chi connectivity index (χ0v) is 26.0. The first-order valence-corrected chi connectivity index (χ1v) is 16.3. The van der Waals surface area contributed by atoms with Crippen LogP contribution in [0.5, 0.6) is 0 Å². The maximum Gasteiger partial charge on any atom is 0.162 e. The molecule has 2 aromatic heterocycles. The van der Waals surface area contributed by atoms with Crippen molar-refractivity contribution in [2.24, 2.45) is 0 Å². The van der Waals surface area contributed by atoms with Gasteiger partial charge in [0.2, 0.25) is 0 Å². The largest absolute Gasteiger partial charge is 0.454 e. The van der Waals surface area contributed by atoms with Gasteiger partial charge in [0, 0.05) is 28.3 Å². The highest BCUT2D eigenvalue weighted by Crippen LogP contribution is 2.50. The third kappa shape index (κ3) is 4.11. The van der Waals surface area contributed by atoms with Crippen LogP contribution in [0.15, 0.2) is 175 Å². The van der Waals surface area contributed by atoms with Crippen LogP contribution in [-0.2, 0) is 0 Å². The average Bonchev–Trinajstić information content (AvgIpc) is 3.70. The van der Waals surface area contributed by atoms with Gasteiger partial charge in [-0.25, -0.2) is 0 Å². The second kappa shape index (κ2) is 10.5. The van der Waals surface area contributed by atoms with Crippen molar-refractivity contribution in [3.05, 3.63) is 170 Å². The Bertz CT molecular complexity index is 2650. The second-order valence-corrected chi connectivity index (χ2v) is 12.4. The van der Waals surface area contributed by atoms with Gasteiger partial charge in [-0.15, -0.1) is 0 Å². The van der Waals surface area contributed by atoms with E-state index in [2.05, 4.69) is 144 Å². The molecule has 9 aromatic rings. The molecule has 10 rings (SSSR count). The SMILES string of the molecule is c1ccc(-c2ccc(-c3ccc(N(c4ccc5c(c4)-c4cccc6cccc-5c46)c4cncc5c4oc4ccccc45)cc3)cc2)cc1. The van der Waals surface area contributed by atoms with Gasteiger partial charge in [0.05, 0.1) is 6.20 Å². The fraction of sp³-hybridized carbons (Fsp3) is 0. The molecule has 0 amide bonds. The van der Waals surface area contributed by atoms with Crippen LogP contribution in [0.1, 0.15) is 0 Å². The number of aromatic nitrogens is 1. The van der Waals surface area contributed by atoms with Gasteiger partial charge < -0.3 is 9.32 Å². The van der Waals surface area contributed by atoms with Gasteiger partial charge in [0.1, 0.15) is 11.3 Å². The summed E-state index contributed by atoms with van der Waals surface area (Å²) in [6.45, 7) is 0. The lowest BCUT2D eigenvalue weighted by Gasteiger charge is -2.26. The van der Waals surface area contributed by atoms with Gasteiger partial charge in [0.25, 0.3) is 0 Å². The molecule has 0 saturated carbocycles. The molecule has 1 aliphatic carbocycles. The molecule has 0 bridgehead atoms. The van der Waals surface area contributed by atoms with Gasteiger partial charge in [-0.1, -0.05) is 127 Å². The van der Waals surface area contributed by atoms with Crippen molar-refractivity contribution in [3.63, 3.8) is 0 Å². The normalized spacial score (nSPS) is 11.8. The Morgan fingerprint density at radius 3 is 1.81 bits per heavy atom. The number of benzene rings is 7. The first kappa shape index (κ1) is 26.7. The third-order valence-corrected chi connectivity index (χ3v) is 9.71. The molecule has 3 heteroatoms. The van der Waals surface area contributed by atoms with Crippen molar-refractivity contribution in [1.29, 1.82) is 0 Å². The van der Waals surface area contributed by atoms with E-state index in [-0.39, 0.29) is 0 Å². The summed E-state index contributed by atoms with van der Waals surface area (Å²) in [4.78, 5) is 7.02. The summed E-state index contributed by atoms with van der Waals surface area (Å²) >= 11 is 0. The standard InChI is InChI=1S/C45H28N2O/c1-2-8-29(9-3-1)30-16-18-31(19-17-30)32-20-22-34(23-21-32)47(42-28-46-27-41-37-12-4-5-15-43(37)48-45(41)42)35-24-25-36-38-13-6-10-33-11-7-14-39(44(33)38)40(36)26-35/h1-28H. The molecular weight excluding hydrogens is 585 g/mol. The number of furan rings is 1. The molecule has 3 nitrogen and oxygen atoms in total. The monoisotopic (exact) mass is 612 g/mol. The molecule has 0 N–H and O–H groups in total. The van der Waals surface area contributed by atoms with Crippen molar-refractivity contribution in [1.82, 2.24) is 4.98 Å². The Labute approximate surface area is 278 Å². The minimum Gasteiger partial charge on any atom is -0.454 e. The minimum absolute atomic E-state index is 0.817. The highest BCUT2D eigenvalue weighted by molar-refractivity contribution is 6.16. The van der Waals surface area contributed by atoms with Crippen molar-refractivity contribution in [2.75, 3.05) is 4.90 Å². The number of hydrogen-bond acceptors (Lipinski definition) is 3. The Balaban J connectivity index is 1.12. The van der Waals surface area contributed by atoms with Crippen LogP contribution in [0.25, 0.3) is 77.2 Å². The molecule has 0 radical (unpaired) electrons. The lowest BCUT2D eigenvalue weighted by Crippen LogP contribution is -2.10. The summed E-state index contributed by atoms with van der Waals surface area (Å²) in [6.07, 6.45) is 3.83. The van der Waals surface area contributed by atoms with Gasteiger partial charge in [0.15, 0.2) is 5.58 Å². The molecule has 0 fully saturated rings. The van der Waals surface area contributed by atoms with E-state index in [0.717, 1.165) is 44.6 Å². The van der Waals surface area contributed by atoms with E-state index in [4.69, 9.17) is 9.40 Å². The highest BCUT2D eigenvalue weighted by atomic mass is 16.3. The summed E-state index contributed by atoms with van der Waals surface area (Å²) in [6, 6.07) is 56.3. The number of hydrogen-bond donors (Lipinski definition) is 0. The van der Waals surface area contributed by atoms with Crippen LogP contribution in [0, 0.1) is 0 Å². The van der Waals surface area contributed by atoms with Gasteiger partial charge in [-0.2, -0.15) is 0 Å². The van der Waals surface area contributed by atoms with Gasteiger partial charge in [-0.05, 0) is 85.6 Å². The lowest BCUT2D eigenvalue weighted by atomic mass is 10.00. The van der Waals surface area contributed by atoms with E-state index in [0.29, 0.717) is 0 Å². The van der Waals surface area contributed by atoms with Crippen LogP contribution >= 0.6 is 0 Å². The van der Waals surface area contributed by atoms with Crippen molar-refractivity contribution >= 4 is 49.8 Å². The Morgan fingerprint density at radius 2 is 1.06 bits per heavy atom. The Hall–Kier alpha value is -6.45. The molecule has 2 heterocycles. The number of pyridine rings is 1. The van der Waals surface area contributed by atoms with Crippen LogP contribution in [0.4, 0.5) is 17.1 Å². The van der Waals surface area contributed by atoms with E-state index in [1.165, 1.54) is 49.7 Å². The predicted molar refractivity (Wildman–Crippen MR) is 199 cm³/mol. The van der Waals surface area contributed by atoms with Crippen molar-refractivity contribution < 1.29 is 4.42 Å². The summed E-state index contributed by atoms with van der Waals surface area (Å²) < 4.78 is 6.56. The summed E-state index contributed by atoms with van der Waals surface area (Å²) in [7, 11) is 0. The third-order valence-electron chi connectivity index (χ3n) is 9.71. The highest BCUT2D eigenvalue weighted by Gasteiger charge is 2.25. The minimum atomic E-state index is 0.817. The molecule has 48 heavy (non-hydrogen) atoms. The summed E-state index contributed by atoms with van der Waals surface area (Å²) in [5.74, 6) is 0. The summed E-state index contributed by atoms with van der Waals surface area (Å²) in [5, 5.41) is 4.65. The van der Waals surface area contributed by atoms with Crippen LogP contribution in [-0.4, -0.2) is 4.98 Å². The molecule has 1 aliphatic rings. The molecule has 224 valence electrons. The Morgan fingerprint density at radius 1 is 0.438 bits per heavy atom. The first-order chi connectivity index (χ1) is 23.8. The maximum absolute atomic E-state index is 6.56. The van der Waals surface area contributed by atoms with Crippen LogP contribution in [0.3, 0.4) is 0 Å². The molecule has 0 saturated heterocycles. The lowest BCUT2D eigenvalue weighted by molar-refractivity contribution is 0.668. The van der Waals surface area contributed by atoms with E-state index in [1.807, 2.05) is 30.6 Å². The Kier molecular flexibility index (Phi) is 5.87. The second-order valence-electron chi connectivity index (χ2n) is 12.4. The molecule has 0 spiro atoms. The first-order valence-electron chi connectivity index (χ1n) is 16.3. The average molecular weight is 613 g/mol. The summed E-state index contributed by atoms with van der Waals surface area (Å²) in [5.41, 5.74) is 14.5. The van der Waals surface area contributed by atoms with Gasteiger partial charge >= 0.3 is 0 Å². The number of rotatable bonds is 5. The number of para-hydroxylation sites is 1. The molecular formula is C45H28N2O. The molecule has 7 aromatic carbocycles.